The number of carbonyl (C=O) groups excluding carboxylic acids is 2. The quantitative estimate of drug-likeness (QED) is 0.709. The molecule has 1 aromatic rings. The maximum atomic E-state index is 12.0. The molecule has 2 aliphatic rings. The maximum absolute atomic E-state index is 12.0. The lowest BCUT2D eigenvalue weighted by Crippen LogP contribution is -2.36. The monoisotopic (exact) mass is 232 g/mol. The second-order valence-corrected chi connectivity index (χ2v) is 4.26. The Labute approximate surface area is 98.4 Å². The molecule has 3 rings (SSSR count). The fourth-order valence-electron chi connectivity index (χ4n) is 2.27. The van der Waals surface area contributed by atoms with Gasteiger partial charge in [0.25, 0.3) is 11.8 Å². The van der Waals surface area contributed by atoms with E-state index in [2.05, 4.69) is 4.98 Å². The molecule has 17 heavy (non-hydrogen) atoms. The molecule has 1 aromatic heterocycles. The summed E-state index contributed by atoms with van der Waals surface area (Å²) in [5.74, 6) is -0.560. The van der Waals surface area contributed by atoms with E-state index >= 15 is 0 Å². The van der Waals surface area contributed by atoms with E-state index in [0.29, 0.717) is 18.7 Å². The number of rotatable bonds is 2. The van der Waals surface area contributed by atoms with Gasteiger partial charge >= 0.3 is 0 Å². The number of pyridine rings is 1. The first kappa shape index (κ1) is 10.4. The van der Waals surface area contributed by atoms with Crippen LogP contribution in [0.2, 0.25) is 0 Å². The number of hydrogen-bond acceptors (Lipinski definition) is 4. The number of hydrogen-bond donors (Lipinski definition) is 0. The molecule has 0 spiro atoms. The van der Waals surface area contributed by atoms with Crippen molar-refractivity contribution < 1.29 is 14.3 Å². The Morgan fingerprint density at radius 1 is 1.41 bits per heavy atom. The van der Waals surface area contributed by atoms with Crippen LogP contribution >= 0.6 is 0 Å². The average Bonchev–Trinajstić information content (AvgIpc) is 2.94. The Balaban J connectivity index is 1.84. The lowest BCUT2D eigenvalue weighted by Gasteiger charge is -2.17. The number of fused-ring (bicyclic) bond motifs is 1. The van der Waals surface area contributed by atoms with Crippen molar-refractivity contribution in [3.63, 3.8) is 0 Å². The van der Waals surface area contributed by atoms with Crippen molar-refractivity contribution in [2.24, 2.45) is 0 Å². The first-order valence-electron chi connectivity index (χ1n) is 5.70. The van der Waals surface area contributed by atoms with Crippen LogP contribution in [0.1, 0.15) is 33.7 Å². The van der Waals surface area contributed by atoms with Gasteiger partial charge in [-0.25, -0.2) is 0 Å². The van der Waals surface area contributed by atoms with Crippen LogP contribution < -0.4 is 0 Å². The Morgan fingerprint density at radius 2 is 2.29 bits per heavy atom. The van der Waals surface area contributed by atoms with Crippen LogP contribution in [0.25, 0.3) is 0 Å². The molecule has 2 aliphatic heterocycles. The van der Waals surface area contributed by atoms with Crippen LogP contribution in [0, 0.1) is 0 Å². The van der Waals surface area contributed by atoms with Gasteiger partial charge in [0, 0.05) is 12.8 Å². The van der Waals surface area contributed by atoms with Crippen molar-refractivity contribution in [2.75, 3.05) is 13.2 Å². The van der Waals surface area contributed by atoms with Crippen LogP contribution in [-0.4, -0.2) is 41.0 Å². The molecule has 5 nitrogen and oxygen atoms in total. The van der Waals surface area contributed by atoms with E-state index in [1.54, 1.807) is 12.1 Å². The highest BCUT2D eigenvalue weighted by Crippen LogP contribution is 2.23. The minimum atomic E-state index is -0.305. The van der Waals surface area contributed by atoms with Gasteiger partial charge in [0.2, 0.25) is 0 Å². The van der Waals surface area contributed by atoms with Crippen molar-refractivity contribution in [3.05, 3.63) is 29.6 Å². The molecule has 0 saturated carbocycles. The molecular weight excluding hydrogens is 220 g/mol. The summed E-state index contributed by atoms with van der Waals surface area (Å²) in [6, 6.07) is 3.30. The van der Waals surface area contributed by atoms with Crippen molar-refractivity contribution in [3.8, 4) is 0 Å². The van der Waals surface area contributed by atoms with E-state index in [0.717, 1.165) is 12.8 Å². The molecule has 1 atom stereocenters. The summed E-state index contributed by atoms with van der Waals surface area (Å²) in [7, 11) is 0. The second kappa shape index (κ2) is 3.92. The van der Waals surface area contributed by atoms with Gasteiger partial charge in [-0.05, 0) is 25.0 Å². The highest BCUT2D eigenvalue weighted by molar-refractivity contribution is 6.20. The molecule has 0 radical (unpaired) electrons. The predicted molar refractivity (Wildman–Crippen MR) is 58.6 cm³/mol. The van der Waals surface area contributed by atoms with E-state index in [1.165, 1.54) is 11.1 Å². The summed E-state index contributed by atoms with van der Waals surface area (Å²) < 4.78 is 5.44. The molecule has 0 aromatic carbocycles. The third kappa shape index (κ3) is 1.63. The van der Waals surface area contributed by atoms with Crippen molar-refractivity contribution in [2.45, 2.75) is 18.9 Å². The van der Waals surface area contributed by atoms with Gasteiger partial charge < -0.3 is 4.74 Å². The topological polar surface area (TPSA) is 59.5 Å². The SMILES string of the molecule is O=C1c2cccnc2C(=O)N1C[C@H]1CCCO1. The van der Waals surface area contributed by atoms with E-state index in [-0.39, 0.29) is 23.6 Å². The molecule has 0 unspecified atom stereocenters. The van der Waals surface area contributed by atoms with E-state index in [4.69, 9.17) is 4.74 Å². The van der Waals surface area contributed by atoms with Crippen LogP contribution in [0.15, 0.2) is 18.3 Å². The number of aromatic nitrogens is 1. The molecule has 0 N–H and O–H groups in total. The van der Waals surface area contributed by atoms with Gasteiger partial charge in [-0.1, -0.05) is 0 Å². The van der Waals surface area contributed by atoms with Crippen LogP contribution in [0.3, 0.4) is 0 Å². The first-order valence-corrected chi connectivity index (χ1v) is 5.70. The highest BCUT2D eigenvalue weighted by atomic mass is 16.5. The zero-order valence-corrected chi connectivity index (χ0v) is 9.26. The lowest BCUT2D eigenvalue weighted by atomic mass is 10.2. The molecule has 3 heterocycles. The van der Waals surface area contributed by atoms with Gasteiger partial charge in [-0.2, -0.15) is 0 Å². The van der Waals surface area contributed by atoms with Crippen LogP contribution in [0.5, 0.6) is 0 Å². The second-order valence-electron chi connectivity index (χ2n) is 4.26. The highest BCUT2D eigenvalue weighted by Gasteiger charge is 2.38. The summed E-state index contributed by atoms with van der Waals surface area (Å²) in [6.45, 7) is 1.06. The van der Waals surface area contributed by atoms with Gasteiger partial charge in [0.05, 0.1) is 18.2 Å². The first-order chi connectivity index (χ1) is 8.27. The zero-order valence-electron chi connectivity index (χ0n) is 9.26. The van der Waals surface area contributed by atoms with E-state index in [9.17, 15) is 9.59 Å². The smallest absolute Gasteiger partial charge is 0.280 e. The summed E-state index contributed by atoms with van der Waals surface area (Å²) in [5, 5.41) is 0. The van der Waals surface area contributed by atoms with Gasteiger partial charge in [0.15, 0.2) is 0 Å². The minimum Gasteiger partial charge on any atom is -0.376 e. The van der Waals surface area contributed by atoms with Crippen molar-refractivity contribution in [1.29, 1.82) is 0 Å². The lowest BCUT2D eigenvalue weighted by molar-refractivity contribution is 0.0474. The third-order valence-electron chi connectivity index (χ3n) is 3.14. The number of carbonyl (C=O) groups is 2. The van der Waals surface area contributed by atoms with Crippen molar-refractivity contribution >= 4 is 11.8 Å². The van der Waals surface area contributed by atoms with Gasteiger partial charge in [-0.15, -0.1) is 0 Å². The largest absolute Gasteiger partial charge is 0.376 e. The van der Waals surface area contributed by atoms with Gasteiger partial charge in [-0.3, -0.25) is 19.5 Å². The molecular formula is C12H12N2O3. The summed E-state index contributed by atoms with van der Waals surface area (Å²) >= 11 is 0. The maximum Gasteiger partial charge on any atom is 0.280 e. The van der Waals surface area contributed by atoms with E-state index in [1.807, 2.05) is 0 Å². The Hall–Kier alpha value is -1.75. The van der Waals surface area contributed by atoms with Crippen LogP contribution in [0.4, 0.5) is 0 Å². The molecule has 2 amide bonds. The Morgan fingerprint density at radius 3 is 3.00 bits per heavy atom. The molecule has 88 valence electrons. The summed E-state index contributed by atoms with van der Waals surface area (Å²) in [6.07, 6.45) is 3.41. The fraction of sp³-hybridized carbons (Fsp3) is 0.417. The molecule has 1 fully saturated rings. The summed E-state index contributed by atoms with van der Waals surface area (Å²) in [4.78, 5) is 29.2. The minimum absolute atomic E-state index is 0.0165. The fourth-order valence-corrected chi connectivity index (χ4v) is 2.27. The number of nitrogens with zero attached hydrogens (tertiary/aromatic N) is 2. The number of ether oxygens (including phenoxy) is 1. The standard InChI is InChI=1S/C12H12N2O3/c15-11-9-4-1-5-13-10(9)12(16)14(11)7-8-3-2-6-17-8/h1,4-5,8H,2-3,6-7H2/t8-/m1/s1. The molecule has 0 bridgehead atoms. The van der Waals surface area contributed by atoms with Crippen LogP contribution in [-0.2, 0) is 4.74 Å². The van der Waals surface area contributed by atoms with E-state index < -0.39 is 0 Å². The summed E-state index contributed by atoms with van der Waals surface area (Å²) in [5.41, 5.74) is 0.658. The molecule has 1 saturated heterocycles. The normalized spacial score (nSPS) is 23.3. The Kier molecular flexibility index (Phi) is 2.40. The molecule has 5 heteroatoms. The zero-order chi connectivity index (χ0) is 11.8. The predicted octanol–water partition coefficient (Wildman–Crippen LogP) is 0.857. The number of amides is 2. The van der Waals surface area contributed by atoms with Gasteiger partial charge in [0.1, 0.15) is 5.69 Å². The number of imide groups is 1. The Bertz CT molecular complexity index is 445. The molecule has 0 aliphatic carbocycles. The average molecular weight is 232 g/mol. The third-order valence-corrected chi connectivity index (χ3v) is 3.14. The van der Waals surface area contributed by atoms with Crippen molar-refractivity contribution in [1.82, 2.24) is 9.88 Å².